The van der Waals surface area contributed by atoms with Gasteiger partial charge in [-0.25, -0.2) is 0 Å². The van der Waals surface area contributed by atoms with Crippen LogP contribution in [-0.2, 0) is 0 Å². The smallest absolute Gasteiger partial charge is 0.153 e. The number of nitrogen functional groups attached to an aromatic ring is 1. The Labute approximate surface area is 128 Å². The molecule has 0 aliphatic heterocycles. The molecule has 1 aromatic heterocycles. The molecule has 4 heteroatoms. The average Bonchev–Trinajstić information content (AvgIpc) is 2.84. The van der Waals surface area contributed by atoms with Gasteiger partial charge in [-0.3, -0.25) is 5.10 Å². The molecule has 2 aromatic carbocycles. The van der Waals surface area contributed by atoms with Crippen LogP contribution in [0.1, 0.15) is 11.1 Å². The standard InChI is InChI=1S/C17H16ClN3/c1-10-6-3-4-8-12(10)14-16(20-21-17(14)19)13-9-5-7-11(2)15(13)18/h3-9H,1-2H3,(H3,19,20,21). The first-order chi connectivity index (χ1) is 10.1. The predicted octanol–water partition coefficient (Wildman–Crippen LogP) is 4.60. The molecule has 0 saturated heterocycles. The van der Waals surface area contributed by atoms with E-state index in [4.69, 9.17) is 17.3 Å². The fourth-order valence-electron chi connectivity index (χ4n) is 2.52. The number of nitrogens with two attached hydrogens (primary N) is 1. The van der Waals surface area contributed by atoms with Gasteiger partial charge < -0.3 is 5.73 Å². The van der Waals surface area contributed by atoms with Crippen molar-refractivity contribution in [1.29, 1.82) is 0 Å². The van der Waals surface area contributed by atoms with Gasteiger partial charge in [0.05, 0.1) is 16.3 Å². The highest BCUT2D eigenvalue weighted by Crippen LogP contribution is 2.39. The van der Waals surface area contributed by atoms with Crippen LogP contribution in [-0.4, -0.2) is 10.2 Å². The van der Waals surface area contributed by atoms with E-state index in [1.165, 1.54) is 0 Å². The van der Waals surface area contributed by atoms with E-state index in [-0.39, 0.29) is 0 Å². The molecule has 3 N–H and O–H groups in total. The Morgan fingerprint density at radius 2 is 1.62 bits per heavy atom. The van der Waals surface area contributed by atoms with Gasteiger partial charge in [0.25, 0.3) is 0 Å². The van der Waals surface area contributed by atoms with Gasteiger partial charge in [-0.1, -0.05) is 54.1 Å². The van der Waals surface area contributed by atoms with E-state index in [1.54, 1.807) is 0 Å². The van der Waals surface area contributed by atoms with E-state index in [2.05, 4.69) is 23.2 Å². The van der Waals surface area contributed by atoms with Crippen LogP contribution in [0.4, 0.5) is 5.82 Å². The van der Waals surface area contributed by atoms with E-state index < -0.39 is 0 Å². The normalized spacial score (nSPS) is 10.8. The van der Waals surface area contributed by atoms with Gasteiger partial charge in [-0.15, -0.1) is 0 Å². The van der Waals surface area contributed by atoms with Gasteiger partial charge in [0.1, 0.15) is 0 Å². The number of aromatic nitrogens is 2. The molecule has 106 valence electrons. The summed E-state index contributed by atoms with van der Waals surface area (Å²) in [6, 6.07) is 14.1. The zero-order valence-electron chi connectivity index (χ0n) is 11.9. The van der Waals surface area contributed by atoms with E-state index in [0.29, 0.717) is 5.82 Å². The Hall–Kier alpha value is -2.26. The van der Waals surface area contributed by atoms with Crippen LogP contribution >= 0.6 is 11.6 Å². The van der Waals surface area contributed by atoms with Gasteiger partial charge in [0, 0.05) is 5.56 Å². The Morgan fingerprint density at radius 1 is 0.952 bits per heavy atom. The topological polar surface area (TPSA) is 54.7 Å². The number of hydrogen-bond donors (Lipinski definition) is 2. The zero-order chi connectivity index (χ0) is 15.0. The second-order valence-corrected chi connectivity index (χ2v) is 5.49. The summed E-state index contributed by atoms with van der Waals surface area (Å²) >= 11 is 6.45. The summed E-state index contributed by atoms with van der Waals surface area (Å²) in [6.07, 6.45) is 0. The Kier molecular flexibility index (Phi) is 3.43. The maximum Gasteiger partial charge on any atom is 0.153 e. The quantitative estimate of drug-likeness (QED) is 0.726. The lowest BCUT2D eigenvalue weighted by atomic mass is 9.96. The maximum absolute atomic E-state index is 6.45. The molecule has 0 fully saturated rings. The highest BCUT2D eigenvalue weighted by atomic mass is 35.5. The minimum absolute atomic E-state index is 0.483. The monoisotopic (exact) mass is 297 g/mol. The summed E-state index contributed by atoms with van der Waals surface area (Å²) < 4.78 is 0. The minimum atomic E-state index is 0.483. The molecule has 0 amide bonds. The molecular weight excluding hydrogens is 282 g/mol. The van der Waals surface area contributed by atoms with Crippen molar-refractivity contribution in [1.82, 2.24) is 10.2 Å². The number of anilines is 1. The molecule has 0 atom stereocenters. The van der Waals surface area contributed by atoms with E-state index in [0.717, 1.165) is 38.5 Å². The first-order valence-electron chi connectivity index (χ1n) is 6.75. The zero-order valence-corrected chi connectivity index (χ0v) is 12.7. The van der Waals surface area contributed by atoms with Crippen LogP contribution in [0.5, 0.6) is 0 Å². The third-order valence-corrected chi connectivity index (χ3v) is 4.17. The molecule has 0 radical (unpaired) electrons. The summed E-state index contributed by atoms with van der Waals surface area (Å²) in [5.41, 5.74) is 12.0. The number of nitrogens with one attached hydrogen (secondary N) is 1. The summed E-state index contributed by atoms with van der Waals surface area (Å²) in [5.74, 6) is 0.483. The van der Waals surface area contributed by atoms with Crippen LogP contribution in [0.3, 0.4) is 0 Å². The fourth-order valence-corrected chi connectivity index (χ4v) is 2.74. The second-order valence-electron chi connectivity index (χ2n) is 5.11. The van der Waals surface area contributed by atoms with Gasteiger partial charge in [0.15, 0.2) is 5.82 Å². The maximum atomic E-state index is 6.45. The molecule has 0 spiro atoms. The van der Waals surface area contributed by atoms with Gasteiger partial charge in [0.2, 0.25) is 0 Å². The third kappa shape index (κ3) is 2.30. The van der Waals surface area contributed by atoms with Crippen molar-refractivity contribution < 1.29 is 0 Å². The van der Waals surface area contributed by atoms with Crippen molar-refractivity contribution in [2.75, 3.05) is 5.73 Å². The van der Waals surface area contributed by atoms with Crippen LogP contribution in [0.25, 0.3) is 22.4 Å². The van der Waals surface area contributed by atoms with Crippen LogP contribution in [0.2, 0.25) is 5.02 Å². The van der Waals surface area contributed by atoms with Gasteiger partial charge in [-0.05, 0) is 30.5 Å². The molecule has 0 saturated carbocycles. The molecule has 3 rings (SSSR count). The van der Waals surface area contributed by atoms with Gasteiger partial charge in [-0.2, -0.15) is 5.10 Å². The lowest BCUT2D eigenvalue weighted by Crippen LogP contribution is -1.91. The number of halogens is 1. The SMILES string of the molecule is Cc1ccccc1-c1c(N)n[nH]c1-c1cccc(C)c1Cl. The average molecular weight is 298 g/mol. The number of nitrogens with zero attached hydrogens (tertiary/aromatic N) is 1. The predicted molar refractivity (Wildman–Crippen MR) is 88.4 cm³/mol. The Morgan fingerprint density at radius 3 is 2.38 bits per heavy atom. The molecule has 3 aromatic rings. The Balaban J connectivity index is 2.28. The van der Waals surface area contributed by atoms with Crippen molar-refractivity contribution in [3.63, 3.8) is 0 Å². The first kappa shape index (κ1) is 13.7. The van der Waals surface area contributed by atoms with Gasteiger partial charge >= 0.3 is 0 Å². The largest absolute Gasteiger partial charge is 0.382 e. The molecule has 3 nitrogen and oxygen atoms in total. The molecule has 21 heavy (non-hydrogen) atoms. The highest BCUT2D eigenvalue weighted by Gasteiger charge is 2.18. The molecule has 0 unspecified atom stereocenters. The minimum Gasteiger partial charge on any atom is -0.382 e. The molecular formula is C17H16ClN3. The number of hydrogen-bond acceptors (Lipinski definition) is 2. The lowest BCUT2D eigenvalue weighted by molar-refractivity contribution is 1.10. The number of rotatable bonds is 2. The van der Waals surface area contributed by atoms with Crippen molar-refractivity contribution in [3.05, 3.63) is 58.6 Å². The van der Waals surface area contributed by atoms with Crippen LogP contribution in [0, 0.1) is 13.8 Å². The van der Waals surface area contributed by atoms with Crippen LogP contribution < -0.4 is 5.73 Å². The van der Waals surface area contributed by atoms with Crippen molar-refractivity contribution in [3.8, 4) is 22.4 Å². The fraction of sp³-hybridized carbons (Fsp3) is 0.118. The first-order valence-corrected chi connectivity index (χ1v) is 7.12. The molecule has 0 aliphatic carbocycles. The number of aromatic amines is 1. The number of aryl methyl sites for hydroxylation is 2. The number of H-pyrrole nitrogens is 1. The third-order valence-electron chi connectivity index (χ3n) is 3.67. The summed E-state index contributed by atoms with van der Waals surface area (Å²) in [6.45, 7) is 4.04. The van der Waals surface area contributed by atoms with Crippen LogP contribution in [0.15, 0.2) is 42.5 Å². The van der Waals surface area contributed by atoms with E-state index >= 15 is 0 Å². The number of benzene rings is 2. The molecule has 1 heterocycles. The van der Waals surface area contributed by atoms with Crippen molar-refractivity contribution in [2.45, 2.75) is 13.8 Å². The lowest BCUT2D eigenvalue weighted by Gasteiger charge is -2.10. The second kappa shape index (κ2) is 5.26. The van der Waals surface area contributed by atoms with Crippen molar-refractivity contribution >= 4 is 17.4 Å². The van der Waals surface area contributed by atoms with Crippen molar-refractivity contribution in [2.24, 2.45) is 0 Å². The molecule has 0 aliphatic rings. The Bertz CT molecular complexity index is 806. The van der Waals surface area contributed by atoms with E-state index in [1.807, 2.05) is 43.3 Å². The molecule has 0 bridgehead atoms. The highest BCUT2D eigenvalue weighted by molar-refractivity contribution is 6.34. The summed E-state index contributed by atoms with van der Waals surface area (Å²) in [4.78, 5) is 0. The van der Waals surface area contributed by atoms with E-state index in [9.17, 15) is 0 Å². The summed E-state index contributed by atoms with van der Waals surface area (Å²) in [5, 5.41) is 7.92. The summed E-state index contributed by atoms with van der Waals surface area (Å²) in [7, 11) is 0.